The molecule has 0 fully saturated rings. The molecule has 0 aliphatic rings. The third-order valence-corrected chi connectivity index (χ3v) is 2.88. The highest BCUT2D eigenvalue weighted by atomic mass is 35.5. The first-order valence-electron chi connectivity index (χ1n) is 4.93. The van der Waals surface area contributed by atoms with E-state index in [1.54, 1.807) is 0 Å². The van der Waals surface area contributed by atoms with Crippen molar-refractivity contribution in [3.05, 3.63) is 45.5 Å². The van der Waals surface area contributed by atoms with Crippen molar-refractivity contribution >= 4 is 23.2 Å². The van der Waals surface area contributed by atoms with Crippen LogP contribution in [0.25, 0.3) is 0 Å². The maximum atomic E-state index is 6.07. The topological polar surface area (TPSA) is 26.0 Å². The Morgan fingerprint density at radius 2 is 1.93 bits per heavy atom. The number of nitrogens with two attached hydrogens (primary N) is 1. The number of hydrogen-bond donors (Lipinski definition) is 1. The average Bonchev–Trinajstić information content (AvgIpc) is 2.21. The highest BCUT2D eigenvalue weighted by molar-refractivity contribution is 6.36. The highest BCUT2D eigenvalue weighted by Gasteiger charge is 2.05. The maximum absolute atomic E-state index is 6.07. The molecule has 0 aliphatic carbocycles. The van der Waals surface area contributed by atoms with Crippen molar-refractivity contribution in [3.8, 4) is 0 Å². The van der Waals surface area contributed by atoms with Crippen LogP contribution >= 0.6 is 23.2 Å². The van der Waals surface area contributed by atoms with Crippen LogP contribution in [0.4, 0.5) is 0 Å². The van der Waals surface area contributed by atoms with Crippen LogP contribution in [0.3, 0.4) is 0 Å². The van der Waals surface area contributed by atoms with Gasteiger partial charge in [0.15, 0.2) is 0 Å². The summed E-state index contributed by atoms with van der Waals surface area (Å²) in [5.74, 6) is 0. The molecule has 0 saturated heterocycles. The molecule has 0 aliphatic heterocycles. The van der Waals surface area contributed by atoms with Crippen molar-refractivity contribution in [2.24, 2.45) is 5.73 Å². The molecule has 1 aromatic carbocycles. The van der Waals surface area contributed by atoms with Gasteiger partial charge in [-0.05, 0) is 44.0 Å². The van der Waals surface area contributed by atoms with Crippen LogP contribution in [-0.2, 0) is 6.42 Å². The highest BCUT2D eigenvalue weighted by Crippen LogP contribution is 2.26. The lowest BCUT2D eigenvalue weighted by Gasteiger charge is -2.07. The van der Waals surface area contributed by atoms with Gasteiger partial charge in [0, 0.05) is 10.0 Å². The van der Waals surface area contributed by atoms with Crippen molar-refractivity contribution in [3.63, 3.8) is 0 Å². The molecular formula is C12H15Cl2N. The molecule has 0 spiro atoms. The van der Waals surface area contributed by atoms with Crippen LogP contribution in [0, 0.1) is 0 Å². The van der Waals surface area contributed by atoms with E-state index in [1.807, 2.05) is 18.2 Å². The van der Waals surface area contributed by atoms with Gasteiger partial charge in [-0.15, -0.1) is 0 Å². The molecule has 1 aromatic rings. The molecule has 0 unspecified atom stereocenters. The molecule has 15 heavy (non-hydrogen) atoms. The zero-order valence-electron chi connectivity index (χ0n) is 8.76. The Hall–Kier alpha value is -0.500. The predicted octanol–water partition coefficient (Wildman–Crippen LogP) is 3.83. The van der Waals surface area contributed by atoms with Gasteiger partial charge in [-0.25, -0.2) is 0 Å². The normalized spacial score (nSPS) is 11.9. The second-order valence-corrected chi connectivity index (χ2v) is 4.32. The fourth-order valence-electron chi connectivity index (χ4n) is 1.38. The molecule has 1 rings (SSSR count). The van der Waals surface area contributed by atoms with E-state index in [0.29, 0.717) is 6.54 Å². The Kier molecular flexibility index (Phi) is 5.16. The number of rotatable bonds is 4. The van der Waals surface area contributed by atoms with Gasteiger partial charge >= 0.3 is 0 Å². The summed E-state index contributed by atoms with van der Waals surface area (Å²) >= 11 is 12.1. The lowest BCUT2D eigenvalue weighted by molar-refractivity contribution is 0.981. The summed E-state index contributed by atoms with van der Waals surface area (Å²) in [6.07, 6.45) is 3.81. The van der Waals surface area contributed by atoms with Gasteiger partial charge in [0.2, 0.25) is 0 Å². The van der Waals surface area contributed by atoms with E-state index < -0.39 is 0 Å². The molecule has 3 heteroatoms. The summed E-state index contributed by atoms with van der Waals surface area (Å²) < 4.78 is 0. The largest absolute Gasteiger partial charge is 0.330 e. The summed E-state index contributed by atoms with van der Waals surface area (Å²) in [7, 11) is 0. The van der Waals surface area contributed by atoms with Gasteiger partial charge in [-0.3, -0.25) is 0 Å². The lowest BCUT2D eigenvalue weighted by atomic mass is 10.1. The minimum Gasteiger partial charge on any atom is -0.330 e. The maximum Gasteiger partial charge on any atom is 0.0456 e. The molecule has 0 bridgehead atoms. The monoisotopic (exact) mass is 243 g/mol. The number of allylic oxidation sites excluding steroid dienone is 1. The Labute approximate surface area is 101 Å². The van der Waals surface area contributed by atoms with Gasteiger partial charge in [0.05, 0.1) is 0 Å². The van der Waals surface area contributed by atoms with E-state index in [2.05, 4.69) is 13.0 Å². The summed E-state index contributed by atoms with van der Waals surface area (Å²) in [4.78, 5) is 0. The van der Waals surface area contributed by atoms with Crippen molar-refractivity contribution < 1.29 is 0 Å². The molecular weight excluding hydrogens is 229 g/mol. The summed E-state index contributed by atoms with van der Waals surface area (Å²) in [5.41, 5.74) is 7.67. The van der Waals surface area contributed by atoms with Crippen molar-refractivity contribution in [1.82, 2.24) is 0 Å². The fourth-order valence-corrected chi connectivity index (χ4v) is 1.91. The van der Waals surface area contributed by atoms with Crippen molar-refractivity contribution in [2.75, 3.05) is 6.54 Å². The Balaban J connectivity index is 2.80. The second-order valence-electron chi connectivity index (χ2n) is 3.50. The first-order chi connectivity index (χ1) is 7.15. The standard InChI is InChI=1S/C12H15Cl2N/c1-9(4-3-7-15)8-10-11(13)5-2-6-12(10)14/h2,4-6H,3,7-8,15H2,1H3. The van der Waals surface area contributed by atoms with E-state index >= 15 is 0 Å². The van der Waals surface area contributed by atoms with E-state index in [1.165, 1.54) is 5.57 Å². The van der Waals surface area contributed by atoms with Crippen LogP contribution in [0.5, 0.6) is 0 Å². The smallest absolute Gasteiger partial charge is 0.0456 e. The number of benzene rings is 1. The first kappa shape index (κ1) is 12.6. The fraction of sp³-hybridized carbons (Fsp3) is 0.333. The zero-order chi connectivity index (χ0) is 11.3. The third kappa shape index (κ3) is 3.86. The molecule has 0 amide bonds. The minimum atomic E-state index is 0.674. The summed E-state index contributed by atoms with van der Waals surface area (Å²) in [6.45, 7) is 2.74. The molecule has 0 aromatic heterocycles. The Morgan fingerprint density at radius 1 is 1.33 bits per heavy atom. The molecule has 0 radical (unpaired) electrons. The Morgan fingerprint density at radius 3 is 2.47 bits per heavy atom. The van der Waals surface area contributed by atoms with Gasteiger partial charge in [0.25, 0.3) is 0 Å². The quantitative estimate of drug-likeness (QED) is 0.800. The SMILES string of the molecule is CC(=CCCN)Cc1c(Cl)cccc1Cl. The molecule has 1 nitrogen and oxygen atoms in total. The van der Waals surface area contributed by atoms with Crippen molar-refractivity contribution in [1.29, 1.82) is 0 Å². The molecule has 2 N–H and O–H groups in total. The number of halogens is 2. The van der Waals surface area contributed by atoms with E-state index in [4.69, 9.17) is 28.9 Å². The average molecular weight is 244 g/mol. The van der Waals surface area contributed by atoms with Crippen molar-refractivity contribution in [2.45, 2.75) is 19.8 Å². The predicted molar refractivity (Wildman–Crippen MR) is 67.6 cm³/mol. The van der Waals surface area contributed by atoms with Crippen LogP contribution in [0.1, 0.15) is 18.9 Å². The molecule has 0 heterocycles. The molecule has 0 saturated carbocycles. The summed E-state index contributed by atoms with van der Waals surface area (Å²) in [5, 5.41) is 1.45. The zero-order valence-corrected chi connectivity index (χ0v) is 10.3. The molecule has 82 valence electrons. The third-order valence-electron chi connectivity index (χ3n) is 2.18. The van der Waals surface area contributed by atoms with Gasteiger partial charge in [0.1, 0.15) is 0 Å². The summed E-state index contributed by atoms with van der Waals surface area (Å²) in [6, 6.07) is 5.57. The second kappa shape index (κ2) is 6.16. The first-order valence-corrected chi connectivity index (χ1v) is 5.69. The van der Waals surface area contributed by atoms with Gasteiger partial charge in [-0.1, -0.05) is 40.9 Å². The van der Waals surface area contributed by atoms with Crippen LogP contribution < -0.4 is 5.73 Å². The van der Waals surface area contributed by atoms with Crippen LogP contribution in [0.15, 0.2) is 29.8 Å². The number of hydrogen-bond acceptors (Lipinski definition) is 1. The van der Waals surface area contributed by atoms with Gasteiger partial charge < -0.3 is 5.73 Å². The van der Waals surface area contributed by atoms with Crippen LogP contribution in [-0.4, -0.2) is 6.54 Å². The van der Waals surface area contributed by atoms with Crippen LogP contribution in [0.2, 0.25) is 10.0 Å². The minimum absolute atomic E-state index is 0.674. The molecule has 0 atom stereocenters. The van der Waals surface area contributed by atoms with E-state index in [0.717, 1.165) is 28.5 Å². The lowest BCUT2D eigenvalue weighted by Crippen LogP contribution is -1.97. The van der Waals surface area contributed by atoms with Gasteiger partial charge in [-0.2, -0.15) is 0 Å². The van der Waals surface area contributed by atoms with E-state index in [9.17, 15) is 0 Å². The Bertz CT molecular complexity index is 338. The van der Waals surface area contributed by atoms with E-state index in [-0.39, 0.29) is 0 Å².